The molecule has 8 amide bonds. The van der Waals surface area contributed by atoms with E-state index < -0.39 is 114 Å². The third kappa shape index (κ3) is 19.5. The molecule has 9 atom stereocenters. The van der Waals surface area contributed by atoms with Gasteiger partial charge in [0.1, 0.15) is 41.7 Å². The van der Waals surface area contributed by atoms with Crippen LogP contribution in [0.4, 0.5) is 0 Å². The largest absolute Gasteiger partial charge is 0.508 e. The molecule has 4 aromatic rings. The first-order valence-electron chi connectivity index (χ1n) is 25.7. The van der Waals surface area contributed by atoms with Crippen LogP contribution < -0.4 is 49.5 Å². The number of amides is 8. The van der Waals surface area contributed by atoms with Gasteiger partial charge in [0.25, 0.3) is 0 Å². The summed E-state index contributed by atoms with van der Waals surface area (Å²) >= 11 is 6.08. The van der Waals surface area contributed by atoms with Crippen LogP contribution in [0.3, 0.4) is 0 Å². The molecule has 430 valence electrons. The molecule has 1 unspecified atom stereocenters. The van der Waals surface area contributed by atoms with E-state index in [1.54, 1.807) is 36.4 Å². The first-order chi connectivity index (χ1) is 38.0. The Hall–Kier alpha value is -7.22. The molecule has 1 aliphatic heterocycles. The number of unbranched alkanes of at least 4 members (excludes halogenated alkanes) is 1. The normalized spacial score (nSPS) is 21.2. The summed E-state index contributed by atoms with van der Waals surface area (Å²) in [6.07, 6.45) is -1.84. The Morgan fingerprint density at radius 3 is 1.89 bits per heavy atom. The number of aromatic hydroxyl groups is 2. The standard InChI is InChI=1S/C55H69ClN10O12S2/c1-30(67)47-54(77)64-44(52(75)61-41(49(60)72)25-34-12-20-39(69)21-13-34)29-80-79-28-43(63-51(74)40(58)24-32-8-16-37(56)17-9-32)46(70)27-36(23-31-10-18-38(68)19-11-31)50(73)62-42(26-33-6-14-35(15-7-33)48(59)71)55(78)66(2)45(53(76)65-47)5-3-4-22-57/h6-21,30,36,40-45,47,67-69H,3-5,22-29,57-58H2,1-2H3,(H2,59,71)(H2,60,72)(H,61,75)(H,62,73)(H,63,74)(H,64,77)(H,65,76)/t30-,36-,40+,41?,42-,43-,44+,45+,47+/m1/s1. The fourth-order valence-corrected chi connectivity index (χ4v) is 11.1. The minimum Gasteiger partial charge on any atom is -0.508 e. The van der Waals surface area contributed by atoms with Gasteiger partial charge < -0.3 is 69.7 Å². The first-order valence-corrected chi connectivity index (χ1v) is 28.6. The zero-order valence-electron chi connectivity index (χ0n) is 44.2. The van der Waals surface area contributed by atoms with Gasteiger partial charge in [0.2, 0.25) is 47.3 Å². The van der Waals surface area contributed by atoms with Crippen LogP contribution in [0.5, 0.6) is 11.5 Å². The number of benzene rings is 4. The van der Waals surface area contributed by atoms with Gasteiger partial charge in [-0.1, -0.05) is 81.7 Å². The summed E-state index contributed by atoms with van der Waals surface area (Å²) in [5, 5.41) is 44.7. The van der Waals surface area contributed by atoms with Gasteiger partial charge in [-0.3, -0.25) is 43.2 Å². The van der Waals surface area contributed by atoms with Crippen molar-refractivity contribution in [3.8, 4) is 11.5 Å². The van der Waals surface area contributed by atoms with Crippen molar-refractivity contribution in [2.45, 2.75) is 107 Å². The summed E-state index contributed by atoms with van der Waals surface area (Å²) < 4.78 is 0. The van der Waals surface area contributed by atoms with Crippen LogP contribution in [0.15, 0.2) is 97.1 Å². The van der Waals surface area contributed by atoms with E-state index in [0.717, 1.165) is 26.5 Å². The third-order valence-electron chi connectivity index (χ3n) is 13.3. The monoisotopic (exact) mass is 1160 g/mol. The van der Waals surface area contributed by atoms with Gasteiger partial charge in [0.05, 0.1) is 18.2 Å². The van der Waals surface area contributed by atoms with E-state index in [-0.39, 0.29) is 67.2 Å². The second-order valence-corrected chi connectivity index (χ2v) is 22.5. The molecular weight excluding hydrogens is 1090 g/mol. The molecule has 0 spiro atoms. The fourth-order valence-electron chi connectivity index (χ4n) is 8.63. The van der Waals surface area contributed by atoms with Crippen molar-refractivity contribution in [1.82, 2.24) is 31.5 Å². The maximum atomic E-state index is 15.0. The SMILES string of the molecule is C[C@@H](O)[C@@H]1NC(=O)[C@H](CCCCN)N(C)C(=O)[C@@H](Cc2ccc(C(N)=O)cc2)NC(=O)[C@H](Cc2ccc(O)cc2)CC(=O)[C@H](NC(=O)[C@@H](N)Cc2ccc(Cl)cc2)CSSC[C@@H](C(=O)NC(Cc2ccc(O)cc2)C(N)=O)NC1=O. The van der Waals surface area contributed by atoms with Gasteiger partial charge in [-0.15, -0.1) is 0 Å². The van der Waals surface area contributed by atoms with Crippen LogP contribution in [0, 0.1) is 5.92 Å². The highest BCUT2D eigenvalue weighted by Crippen LogP contribution is 2.26. The van der Waals surface area contributed by atoms with E-state index in [2.05, 4.69) is 26.6 Å². The van der Waals surface area contributed by atoms with Crippen LogP contribution in [-0.4, -0.2) is 147 Å². The molecule has 25 heteroatoms. The summed E-state index contributed by atoms with van der Waals surface area (Å²) in [7, 11) is 3.29. The molecule has 0 bridgehead atoms. The highest BCUT2D eigenvalue weighted by atomic mass is 35.5. The number of Topliss-reactive ketones (excluding diaryl/α,β-unsaturated/α-hetero) is 1. The number of aliphatic hydroxyl groups is 1. The number of ketones is 1. The Morgan fingerprint density at radius 1 is 0.738 bits per heavy atom. The fraction of sp³-hybridized carbons (Fsp3) is 0.400. The number of aliphatic hydroxyl groups excluding tert-OH is 1. The highest BCUT2D eigenvalue weighted by molar-refractivity contribution is 8.76. The van der Waals surface area contributed by atoms with E-state index in [1.807, 2.05) is 0 Å². The van der Waals surface area contributed by atoms with Crippen LogP contribution in [0.25, 0.3) is 0 Å². The second kappa shape index (κ2) is 31.0. The lowest BCUT2D eigenvalue weighted by molar-refractivity contribution is -0.144. The molecule has 16 N–H and O–H groups in total. The van der Waals surface area contributed by atoms with Crippen molar-refractivity contribution in [2.24, 2.45) is 28.9 Å². The summed E-state index contributed by atoms with van der Waals surface area (Å²) in [5.74, 6) is -9.29. The van der Waals surface area contributed by atoms with E-state index in [1.165, 1.54) is 74.6 Å². The molecule has 1 aliphatic rings. The van der Waals surface area contributed by atoms with Gasteiger partial charge in [0, 0.05) is 54.3 Å². The number of rotatable bonds is 19. The molecule has 0 aromatic heterocycles. The first kappa shape index (κ1) is 63.6. The number of nitrogens with two attached hydrogens (primary N) is 4. The topological polar surface area (TPSA) is 382 Å². The van der Waals surface area contributed by atoms with E-state index in [0.29, 0.717) is 40.1 Å². The number of phenolic OH excluding ortho intramolecular Hbond substituents is 2. The van der Waals surface area contributed by atoms with Gasteiger partial charge in [0.15, 0.2) is 5.78 Å². The molecule has 0 radical (unpaired) electrons. The third-order valence-corrected chi connectivity index (χ3v) is 15.9. The minimum atomic E-state index is -1.75. The van der Waals surface area contributed by atoms with Crippen molar-refractivity contribution >= 4 is 86.2 Å². The van der Waals surface area contributed by atoms with Gasteiger partial charge in [-0.05, 0) is 116 Å². The summed E-state index contributed by atoms with van der Waals surface area (Å²) in [6.45, 7) is 1.44. The van der Waals surface area contributed by atoms with Crippen molar-refractivity contribution in [3.05, 3.63) is 130 Å². The summed E-state index contributed by atoms with van der Waals surface area (Å²) in [4.78, 5) is 128. The van der Waals surface area contributed by atoms with Crippen molar-refractivity contribution in [3.63, 3.8) is 0 Å². The average molecular weight is 1160 g/mol. The smallest absolute Gasteiger partial charge is 0.248 e. The van der Waals surface area contributed by atoms with E-state index in [4.69, 9.17) is 34.5 Å². The summed E-state index contributed by atoms with van der Waals surface area (Å²) in [5.41, 5.74) is 25.8. The highest BCUT2D eigenvalue weighted by Gasteiger charge is 2.38. The molecule has 1 fully saturated rings. The molecule has 5 rings (SSSR count). The number of primary amides is 2. The average Bonchev–Trinajstić information content (AvgIpc) is 3.42. The number of halogens is 1. The zero-order chi connectivity index (χ0) is 58.6. The molecule has 22 nitrogen and oxygen atoms in total. The lowest BCUT2D eigenvalue weighted by Gasteiger charge is -2.33. The lowest BCUT2D eigenvalue weighted by Crippen LogP contribution is -2.62. The maximum Gasteiger partial charge on any atom is 0.248 e. The van der Waals surface area contributed by atoms with Gasteiger partial charge >= 0.3 is 0 Å². The van der Waals surface area contributed by atoms with Gasteiger partial charge in [-0.2, -0.15) is 0 Å². The summed E-state index contributed by atoms with van der Waals surface area (Å²) in [6, 6.07) is 14.3. The Morgan fingerprint density at radius 2 is 1.30 bits per heavy atom. The predicted octanol–water partition coefficient (Wildman–Crippen LogP) is 0.665. The van der Waals surface area contributed by atoms with Crippen LogP contribution >= 0.6 is 33.2 Å². The maximum absolute atomic E-state index is 15.0. The predicted molar refractivity (Wildman–Crippen MR) is 303 cm³/mol. The molecule has 1 saturated heterocycles. The Kier molecular flexibility index (Phi) is 24.6. The lowest BCUT2D eigenvalue weighted by atomic mass is 9.90. The Labute approximate surface area is 476 Å². The number of nitrogens with zero attached hydrogens (tertiary/aromatic N) is 1. The van der Waals surface area contributed by atoms with E-state index >= 15 is 4.79 Å². The molecule has 4 aromatic carbocycles. The number of nitrogens with one attached hydrogen (secondary N) is 5. The number of carbonyl (C=O) groups is 9. The zero-order valence-corrected chi connectivity index (χ0v) is 46.6. The molecule has 80 heavy (non-hydrogen) atoms. The van der Waals surface area contributed by atoms with Crippen molar-refractivity contribution in [2.75, 3.05) is 25.1 Å². The Balaban J connectivity index is 1.60. The molecule has 0 saturated carbocycles. The van der Waals surface area contributed by atoms with Crippen molar-refractivity contribution in [1.29, 1.82) is 0 Å². The number of likely N-dealkylation sites (N-methyl/N-ethyl adjacent to an activating group) is 1. The minimum absolute atomic E-state index is 0.0176. The van der Waals surface area contributed by atoms with Crippen LogP contribution in [-0.2, 0) is 64.0 Å². The van der Waals surface area contributed by atoms with Crippen molar-refractivity contribution < 1.29 is 58.5 Å². The Bertz CT molecular complexity index is 2800. The number of carbonyl (C=O) groups excluding carboxylic acids is 9. The number of hydrogen-bond donors (Lipinski definition) is 12. The van der Waals surface area contributed by atoms with Crippen LogP contribution in [0.2, 0.25) is 5.02 Å². The van der Waals surface area contributed by atoms with Crippen LogP contribution in [0.1, 0.15) is 65.2 Å². The second-order valence-electron chi connectivity index (χ2n) is 19.5. The number of phenols is 2. The van der Waals surface area contributed by atoms with E-state index in [9.17, 15) is 53.7 Å². The van der Waals surface area contributed by atoms with Gasteiger partial charge in [-0.25, -0.2) is 0 Å². The molecule has 0 aliphatic carbocycles. The number of hydrogen-bond acceptors (Lipinski definition) is 16. The molecule has 1 heterocycles. The molecular formula is C55H69ClN10O12S2. The quantitative estimate of drug-likeness (QED) is 0.0453.